The first-order valence-electron chi connectivity index (χ1n) is 10.7. The summed E-state index contributed by atoms with van der Waals surface area (Å²) >= 11 is 1.74. The van der Waals surface area contributed by atoms with Crippen molar-refractivity contribution < 1.29 is 0 Å². The third-order valence-corrected chi connectivity index (χ3v) is 7.71. The fourth-order valence-electron chi connectivity index (χ4n) is 5.00. The second-order valence-corrected chi connectivity index (χ2v) is 9.06. The summed E-state index contributed by atoms with van der Waals surface area (Å²) in [6.07, 6.45) is 7.80. The molecule has 0 fully saturated rings. The van der Waals surface area contributed by atoms with Crippen LogP contribution < -0.4 is 0 Å². The second kappa shape index (κ2) is 7.42. The zero-order valence-electron chi connectivity index (χ0n) is 18.0. The van der Waals surface area contributed by atoms with Crippen molar-refractivity contribution in [2.75, 3.05) is 0 Å². The van der Waals surface area contributed by atoms with Gasteiger partial charge < -0.3 is 0 Å². The van der Waals surface area contributed by atoms with E-state index in [1.165, 1.54) is 32.5 Å². The number of hydrogen-bond donors (Lipinski definition) is 0. The van der Waals surface area contributed by atoms with Gasteiger partial charge in [0.25, 0.3) is 0 Å². The number of thiazole rings is 1. The Kier molecular flexibility index (Phi) is 4.70. The molecule has 1 aliphatic carbocycles. The van der Waals surface area contributed by atoms with Crippen LogP contribution in [0.3, 0.4) is 0 Å². The van der Waals surface area contributed by atoms with Crippen LogP contribution in [-0.4, -0.2) is 4.98 Å². The van der Waals surface area contributed by atoms with Crippen molar-refractivity contribution >= 4 is 21.6 Å². The highest BCUT2D eigenvalue weighted by Crippen LogP contribution is 2.53. The topological polar surface area (TPSA) is 12.9 Å². The van der Waals surface area contributed by atoms with Gasteiger partial charge in [0.05, 0.1) is 10.2 Å². The van der Waals surface area contributed by atoms with Crippen LogP contribution in [-0.2, 0) is 5.41 Å². The summed E-state index contributed by atoms with van der Waals surface area (Å²) in [6.45, 7) is 6.43. The van der Waals surface area contributed by atoms with Crippen LogP contribution in [0.5, 0.6) is 0 Å². The Morgan fingerprint density at radius 3 is 2.32 bits per heavy atom. The molecule has 0 spiro atoms. The molecule has 0 saturated heterocycles. The maximum absolute atomic E-state index is 5.72. The normalized spacial score (nSPS) is 13.2. The van der Waals surface area contributed by atoms with E-state index in [1.807, 2.05) is 13.0 Å². The van der Waals surface area contributed by atoms with Crippen LogP contribution in [0, 0.1) is 24.2 Å². The highest BCUT2D eigenvalue weighted by molar-refractivity contribution is 7.21. The van der Waals surface area contributed by atoms with Gasteiger partial charge in [0.1, 0.15) is 5.01 Å². The van der Waals surface area contributed by atoms with Crippen molar-refractivity contribution in [3.63, 3.8) is 0 Å². The second-order valence-electron chi connectivity index (χ2n) is 8.03. The molecule has 0 radical (unpaired) electrons. The lowest BCUT2D eigenvalue weighted by Crippen LogP contribution is -2.23. The lowest BCUT2D eigenvalue weighted by Gasteiger charge is -2.30. The van der Waals surface area contributed by atoms with E-state index >= 15 is 0 Å². The van der Waals surface area contributed by atoms with Crippen LogP contribution in [0.2, 0.25) is 0 Å². The molecule has 0 saturated carbocycles. The highest BCUT2D eigenvalue weighted by atomic mass is 32.1. The first-order chi connectivity index (χ1) is 15.1. The molecule has 0 bridgehead atoms. The van der Waals surface area contributed by atoms with Crippen molar-refractivity contribution in [3.05, 3.63) is 76.9 Å². The van der Waals surface area contributed by atoms with E-state index in [1.54, 1.807) is 11.3 Å². The van der Waals surface area contributed by atoms with E-state index in [2.05, 4.69) is 80.1 Å². The van der Waals surface area contributed by atoms with Crippen molar-refractivity contribution in [1.29, 1.82) is 0 Å². The van der Waals surface area contributed by atoms with Crippen LogP contribution in [0.15, 0.2) is 54.6 Å². The lowest BCUT2D eigenvalue weighted by molar-refractivity contribution is 0.490. The highest BCUT2D eigenvalue weighted by Gasteiger charge is 2.40. The molecule has 0 N–H and O–H groups in total. The molecular weight excluding hydrogens is 394 g/mol. The number of benzene rings is 3. The maximum Gasteiger partial charge on any atom is 0.124 e. The number of aromatic nitrogens is 1. The van der Waals surface area contributed by atoms with Crippen LogP contribution in [0.25, 0.3) is 31.9 Å². The minimum atomic E-state index is -0.00585. The van der Waals surface area contributed by atoms with E-state index < -0.39 is 0 Å². The molecule has 4 aromatic rings. The standard InChI is InChI=1S/C29H23NS/c1-5-9-20-11-15-26-27(17-20)31-28(30-26)21-12-14-23-22-13-10-19(6-2)16-24(22)29(7-3,8-4)25(23)18-21/h2,10-18H,7-8H2,1,3-4H3. The summed E-state index contributed by atoms with van der Waals surface area (Å²) in [7, 11) is 0. The molecule has 0 unspecified atom stereocenters. The third-order valence-electron chi connectivity index (χ3n) is 6.64. The van der Waals surface area contributed by atoms with Gasteiger partial charge in [-0.15, -0.1) is 23.7 Å². The SMILES string of the molecule is C#Cc1ccc2c(c1)C(CC)(CC)c1cc(-c3nc4ccc(C#CC)cc4s3)ccc1-2. The van der Waals surface area contributed by atoms with Crippen LogP contribution in [0.1, 0.15) is 55.9 Å². The molecule has 0 aliphatic heterocycles. The van der Waals surface area contributed by atoms with Crippen LogP contribution in [0.4, 0.5) is 0 Å². The Labute approximate surface area is 188 Å². The van der Waals surface area contributed by atoms with E-state index in [9.17, 15) is 0 Å². The van der Waals surface area contributed by atoms with Gasteiger partial charge in [-0.1, -0.05) is 43.9 Å². The van der Waals surface area contributed by atoms with Crippen molar-refractivity contribution in [1.82, 2.24) is 4.98 Å². The van der Waals surface area contributed by atoms with Gasteiger partial charge in [0.2, 0.25) is 0 Å². The van der Waals surface area contributed by atoms with E-state index in [0.29, 0.717) is 0 Å². The van der Waals surface area contributed by atoms with Crippen molar-refractivity contribution in [2.24, 2.45) is 0 Å². The first-order valence-corrected chi connectivity index (χ1v) is 11.5. The Morgan fingerprint density at radius 1 is 0.903 bits per heavy atom. The quantitative estimate of drug-likeness (QED) is 0.316. The van der Waals surface area contributed by atoms with Gasteiger partial charge in [0.15, 0.2) is 0 Å². The number of hydrogen-bond acceptors (Lipinski definition) is 2. The Balaban J connectivity index is 1.68. The fraction of sp³-hybridized carbons (Fsp3) is 0.207. The molecule has 1 nitrogen and oxygen atoms in total. The maximum atomic E-state index is 5.72. The molecule has 1 heterocycles. The minimum Gasteiger partial charge on any atom is -0.236 e. The summed E-state index contributed by atoms with van der Waals surface area (Å²) in [5, 5.41) is 1.06. The van der Waals surface area contributed by atoms with Crippen molar-refractivity contribution in [2.45, 2.75) is 39.0 Å². The zero-order valence-corrected chi connectivity index (χ0v) is 18.9. The zero-order chi connectivity index (χ0) is 21.6. The summed E-state index contributed by atoms with van der Waals surface area (Å²) in [4.78, 5) is 4.93. The van der Waals surface area contributed by atoms with E-state index in [4.69, 9.17) is 11.4 Å². The molecule has 1 aliphatic rings. The number of rotatable bonds is 3. The predicted molar refractivity (Wildman–Crippen MR) is 132 cm³/mol. The predicted octanol–water partition coefficient (Wildman–Crippen LogP) is 7.40. The number of nitrogens with zero attached hydrogens (tertiary/aromatic N) is 1. The minimum absolute atomic E-state index is 0.00585. The molecule has 2 heteroatoms. The Morgan fingerprint density at radius 2 is 1.61 bits per heavy atom. The van der Waals surface area contributed by atoms with E-state index in [0.717, 1.165) is 34.5 Å². The number of terminal acetylenes is 1. The van der Waals surface area contributed by atoms with E-state index in [-0.39, 0.29) is 5.41 Å². The summed E-state index contributed by atoms with van der Waals surface area (Å²) in [5.74, 6) is 8.94. The summed E-state index contributed by atoms with van der Waals surface area (Å²) < 4.78 is 1.18. The fourth-order valence-corrected chi connectivity index (χ4v) is 6.00. The molecule has 1 aromatic heterocycles. The number of fused-ring (bicyclic) bond motifs is 4. The lowest BCUT2D eigenvalue weighted by atomic mass is 9.73. The molecule has 3 aromatic carbocycles. The summed E-state index contributed by atoms with van der Waals surface area (Å²) in [6, 6.07) is 19.6. The molecule has 0 atom stereocenters. The van der Waals surface area contributed by atoms with Gasteiger partial charge in [-0.05, 0) is 78.4 Å². The molecule has 5 rings (SSSR count). The Hall–Kier alpha value is -3.33. The molecule has 31 heavy (non-hydrogen) atoms. The van der Waals surface area contributed by atoms with Gasteiger partial charge in [0, 0.05) is 22.1 Å². The smallest absolute Gasteiger partial charge is 0.124 e. The molecular formula is C29H23NS. The monoisotopic (exact) mass is 417 g/mol. The molecule has 0 amide bonds. The average Bonchev–Trinajstić information content (AvgIpc) is 3.35. The average molecular weight is 418 g/mol. The van der Waals surface area contributed by atoms with Gasteiger partial charge in [-0.25, -0.2) is 4.98 Å². The third kappa shape index (κ3) is 2.91. The van der Waals surface area contributed by atoms with Crippen molar-refractivity contribution in [3.8, 4) is 45.9 Å². The molecule has 150 valence electrons. The van der Waals surface area contributed by atoms with Gasteiger partial charge in [-0.2, -0.15) is 0 Å². The Bertz CT molecular complexity index is 1430. The largest absolute Gasteiger partial charge is 0.236 e. The first kappa shape index (κ1) is 19.6. The summed E-state index contributed by atoms with van der Waals surface area (Å²) in [5.41, 5.74) is 9.60. The van der Waals surface area contributed by atoms with Crippen LogP contribution >= 0.6 is 11.3 Å². The van der Waals surface area contributed by atoms with Gasteiger partial charge >= 0.3 is 0 Å². The van der Waals surface area contributed by atoms with Gasteiger partial charge in [-0.3, -0.25) is 0 Å².